The lowest BCUT2D eigenvalue weighted by molar-refractivity contribution is -0.142. The van der Waals surface area contributed by atoms with Crippen molar-refractivity contribution in [3.8, 4) is 0 Å². The van der Waals surface area contributed by atoms with Gasteiger partial charge in [-0.2, -0.15) is 19.9 Å². The zero-order chi connectivity index (χ0) is 65.5. The molecule has 29 heteroatoms. The molecule has 0 saturated heterocycles. The van der Waals surface area contributed by atoms with Crippen molar-refractivity contribution in [2.24, 2.45) is 5.92 Å². The molecule has 0 radical (unpaired) electrons. The number of rotatable bonds is 45. The molecule has 12 N–H and O–H groups in total. The first-order valence-corrected chi connectivity index (χ1v) is 30.7. The second-order valence-corrected chi connectivity index (χ2v) is 21.9. The average molecular weight is 1260 g/mol. The van der Waals surface area contributed by atoms with E-state index in [1.54, 1.807) is 60.9 Å². The summed E-state index contributed by atoms with van der Waals surface area (Å²) in [5.74, 6) is -4.43. The Bertz CT molecular complexity index is 3110. The molecular weight excluding hydrogens is 1170 g/mol. The average Bonchev–Trinajstić information content (AvgIpc) is 1.28. The highest BCUT2D eigenvalue weighted by atomic mass is 16.6. The van der Waals surface area contributed by atoms with Crippen LogP contribution in [0, 0.1) is 5.92 Å². The van der Waals surface area contributed by atoms with E-state index in [-0.39, 0.29) is 90.0 Å². The monoisotopic (exact) mass is 1260 g/mol. The third-order valence-corrected chi connectivity index (χ3v) is 14.8. The Balaban J connectivity index is 0.856. The molecule has 0 aliphatic rings. The fourth-order valence-electron chi connectivity index (χ4n) is 9.74. The molecular formula is C62H87N17O12. The van der Waals surface area contributed by atoms with Crippen molar-refractivity contribution < 1.29 is 57.9 Å². The molecule has 4 heterocycles. The lowest BCUT2D eigenvalue weighted by atomic mass is 9.94. The van der Waals surface area contributed by atoms with Crippen LogP contribution in [0.3, 0.4) is 0 Å². The highest BCUT2D eigenvalue weighted by Gasteiger charge is 2.25. The van der Waals surface area contributed by atoms with Crippen molar-refractivity contribution in [1.82, 2.24) is 55.4 Å². The van der Waals surface area contributed by atoms with Crippen molar-refractivity contribution in [1.29, 1.82) is 0 Å². The molecule has 0 bridgehead atoms. The molecule has 6 rings (SSSR count). The molecule has 2 atom stereocenters. The summed E-state index contributed by atoms with van der Waals surface area (Å²) in [6, 6.07) is 12.2. The summed E-state index contributed by atoms with van der Waals surface area (Å²) in [6.07, 6.45) is 8.81. The molecule has 0 spiro atoms. The number of hydrogen-bond acceptors (Lipinski definition) is 25. The zero-order valence-corrected chi connectivity index (χ0v) is 52.2. The number of ketones is 2. The van der Waals surface area contributed by atoms with Gasteiger partial charge in [-0.05, 0) is 107 Å². The van der Waals surface area contributed by atoms with E-state index in [0.717, 1.165) is 63.0 Å². The van der Waals surface area contributed by atoms with Crippen LogP contribution in [0.4, 0.5) is 34.9 Å². The van der Waals surface area contributed by atoms with Crippen LogP contribution in [0.15, 0.2) is 60.9 Å². The Hall–Kier alpha value is -8.90. The summed E-state index contributed by atoms with van der Waals surface area (Å²) in [6.45, 7) is 9.42. The van der Waals surface area contributed by atoms with Crippen LogP contribution in [0.1, 0.15) is 122 Å². The van der Waals surface area contributed by atoms with Crippen molar-refractivity contribution >= 4 is 92.6 Å². The Morgan fingerprint density at radius 1 is 0.549 bits per heavy atom. The van der Waals surface area contributed by atoms with E-state index in [0.29, 0.717) is 120 Å². The molecule has 0 aliphatic heterocycles. The van der Waals surface area contributed by atoms with E-state index in [9.17, 15) is 39.0 Å². The first-order valence-electron chi connectivity index (χ1n) is 30.7. The minimum Gasteiger partial charge on any atom is -0.481 e. The van der Waals surface area contributed by atoms with Gasteiger partial charge < -0.3 is 77.4 Å². The maximum absolute atomic E-state index is 13.2. The number of fused-ring (bicyclic) bond motifs is 2. The van der Waals surface area contributed by atoms with E-state index < -0.39 is 29.8 Å². The summed E-state index contributed by atoms with van der Waals surface area (Å²) in [7, 11) is 3.68. The molecule has 0 aliphatic carbocycles. The first kappa shape index (κ1) is 71.2. The number of nitrogens with two attached hydrogens (primary N) is 4. The summed E-state index contributed by atoms with van der Waals surface area (Å²) >= 11 is 0. The zero-order valence-electron chi connectivity index (χ0n) is 52.2. The van der Waals surface area contributed by atoms with E-state index in [1.807, 2.05) is 30.8 Å². The number of nitrogens with one attached hydrogen (secondary N) is 2. The van der Waals surface area contributed by atoms with Crippen LogP contribution in [-0.2, 0) is 51.2 Å². The summed E-state index contributed by atoms with van der Waals surface area (Å²) in [5, 5.41) is 25.4. The van der Waals surface area contributed by atoms with E-state index in [1.165, 1.54) is 0 Å². The predicted molar refractivity (Wildman–Crippen MR) is 343 cm³/mol. The topological polar surface area (TPSA) is 421 Å². The first-order chi connectivity index (χ1) is 43.9. The van der Waals surface area contributed by atoms with Crippen LogP contribution in [0.2, 0.25) is 0 Å². The fraction of sp³-hybridized carbons (Fsp3) is 0.516. The third-order valence-electron chi connectivity index (χ3n) is 14.8. The second-order valence-electron chi connectivity index (χ2n) is 21.9. The van der Waals surface area contributed by atoms with E-state index in [4.69, 9.17) is 41.9 Å². The highest BCUT2D eigenvalue weighted by Crippen LogP contribution is 2.23. The number of anilines is 6. The van der Waals surface area contributed by atoms with Gasteiger partial charge in [0.25, 0.3) is 5.91 Å². The van der Waals surface area contributed by atoms with Crippen molar-refractivity contribution in [3.05, 3.63) is 83.4 Å². The molecule has 4 aromatic heterocycles. The number of carboxylic acids is 2. The minimum absolute atomic E-state index is 0.00115. The number of amides is 2. The van der Waals surface area contributed by atoms with Crippen molar-refractivity contribution in [2.45, 2.75) is 110 Å². The molecule has 492 valence electrons. The van der Waals surface area contributed by atoms with Gasteiger partial charge >= 0.3 is 11.9 Å². The van der Waals surface area contributed by atoms with Crippen molar-refractivity contribution in [3.63, 3.8) is 0 Å². The van der Waals surface area contributed by atoms with Crippen LogP contribution >= 0.6 is 0 Å². The maximum atomic E-state index is 13.2. The minimum atomic E-state index is -1.25. The number of aromatic nitrogens is 8. The number of nitrogens with zero attached hydrogens (tertiary/aromatic N) is 11. The number of unbranched alkanes of at least 4 members (excludes halogenated alkanes) is 5. The number of aliphatic carboxylic acids is 2. The Kier molecular flexibility index (Phi) is 29.7. The normalized spacial score (nSPS) is 12.0. The van der Waals surface area contributed by atoms with E-state index >= 15 is 0 Å². The lowest BCUT2D eigenvalue weighted by Crippen LogP contribution is -2.41. The number of benzene rings is 2. The lowest BCUT2D eigenvalue weighted by Gasteiger charge is -2.22. The fourth-order valence-corrected chi connectivity index (χ4v) is 9.74. The molecule has 2 aromatic carbocycles. The summed E-state index contributed by atoms with van der Waals surface area (Å²) < 4.78 is 22.3. The SMILES string of the molecule is CCOCCOCCOCCOCCN(CCCCCCC(=O)CC[C@H](NC(=O)c1ccc(N(C)Cc2cnc3nc(N)nc(N)c3n2)cc1)C(=O)O)CCCCCNC(=O)CC[C@H](CC(=O)c1ccc(N(C)Cc2cnc3nc(N)nc(N)c3n2)cc1)C(=O)O. The maximum Gasteiger partial charge on any atom is 0.326 e. The molecule has 0 fully saturated rings. The van der Waals surface area contributed by atoms with Gasteiger partial charge in [-0.15, -0.1) is 0 Å². The molecule has 2 amide bonds. The van der Waals surface area contributed by atoms with Crippen LogP contribution in [0.25, 0.3) is 22.3 Å². The van der Waals surface area contributed by atoms with Gasteiger partial charge in [-0.25, -0.2) is 24.7 Å². The highest BCUT2D eigenvalue weighted by molar-refractivity contribution is 5.98. The Morgan fingerprint density at radius 2 is 1.05 bits per heavy atom. The van der Waals surface area contributed by atoms with E-state index in [2.05, 4.69) is 55.4 Å². The number of hydrogen-bond donors (Lipinski definition) is 8. The summed E-state index contributed by atoms with van der Waals surface area (Å²) in [5.41, 5.74) is 27.9. The second kappa shape index (κ2) is 37.9. The van der Waals surface area contributed by atoms with Gasteiger partial charge in [-0.3, -0.25) is 24.0 Å². The molecule has 29 nitrogen and oxygen atoms in total. The van der Waals surface area contributed by atoms with Crippen LogP contribution in [-0.4, -0.2) is 189 Å². The number of carbonyl (C=O) groups is 6. The molecule has 91 heavy (non-hydrogen) atoms. The smallest absolute Gasteiger partial charge is 0.326 e. The largest absolute Gasteiger partial charge is 0.481 e. The number of carbonyl (C=O) groups excluding carboxylic acids is 4. The molecule has 0 unspecified atom stereocenters. The molecule has 0 saturated carbocycles. The Morgan fingerprint density at radius 3 is 1.58 bits per heavy atom. The standard InChI is InChI=1S/C62H87N17O12/c1-4-88-30-31-90-34-35-91-33-32-89-29-28-79(26-10-6-5-8-12-48(80)22-23-49(60(86)87)72-58(83)42-15-20-47(21-16-42)78(3)40-45-38-69-57-53(71-45)55(64)74-62(66)76-57)27-11-7-9-25-67-51(82)24-17-43(59(84)85)36-50(81)41-13-18-46(19-14-41)77(2)39-44-37-68-56-52(70-44)54(63)73-61(65)75-56/h13-16,18-21,37-38,43,49H,4-12,17,22-36,39-40H2,1-3H3,(H,67,82)(H,72,83)(H,84,85)(H,86,87)(H4,63,65,68,73,75)(H4,64,66,69,74,76)/t43-,49+/m1/s1. The van der Waals surface area contributed by atoms with Gasteiger partial charge in [0.1, 0.15) is 11.8 Å². The van der Waals surface area contributed by atoms with Gasteiger partial charge in [0.2, 0.25) is 17.8 Å². The molecule has 6 aromatic rings. The van der Waals surface area contributed by atoms with Crippen molar-refractivity contribution in [2.75, 3.05) is 126 Å². The van der Waals surface area contributed by atoms with Gasteiger partial charge in [0.05, 0.1) is 89.0 Å². The Labute approximate surface area is 528 Å². The van der Waals surface area contributed by atoms with Crippen LogP contribution < -0.4 is 43.4 Å². The third kappa shape index (κ3) is 24.8. The predicted octanol–water partition coefficient (Wildman–Crippen LogP) is 4.67. The number of carboxylic acid groups (broad SMARTS) is 2. The number of nitrogen functional groups attached to an aromatic ring is 4. The number of ether oxygens (including phenoxy) is 4. The van der Waals surface area contributed by atoms with Gasteiger partial charge in [0.15, 0.2) is 39.7 Å². The summed E-state index contributed by atoms with van der Waals surface area (Å²) in [4.78, 5) is 116. The van der Waals surface area contributed by atoms with Gasteiger partial charge in [-0.1, -0.05) is 19.3 Å². The number of Topliss-reactive ketones (excluding diaryl/α,β-unsaturated/α-hetero) is 2. The van der Waals surface area contributed by atoms with Gasteiger partial charge in [0, 0.05) is 82.0 Å². The van der Waals surface area contributed by atoms with Crippen LogP contribution in [0.5, 0.6) is 0 Å². The quantitative estimate of drug-likeness (QED) is 0.0190.